The number of pyridine rings is 1. The normalized spacial score (nSPS) is 23.8. The monoisotopic (exact) mass is 419 g/mol. The van der Waals surface area contributed by atoms with E-state index in [-0.39, 0.29) is 23.6 Å². The van der Waals surface area contributed by atoms with Crippen molar-refractivity contribution in [1.82, 2.24) is 4.98 Å². The van der Waals surface area contributed by atoms with Gasteiger partial charge in [-0.15, -0.1) is 0 Å². The molecule has 1 aromatic heterocycles. The second kappa shape index (κ2) is 6.65. The van der Waals surface area contributed by atoms with Crippen LogP contribution in [0.4, 0.5) is 4.39 Å². The molecule has 0 amide bonds. The van der Waals surface area contributed by atoms with E-state index in [1.54, 1.807) is 25.3 Å². The Balaban J connectivity index is 1.48. The molecule has 0 radical (unpaired) electrons. The number of ether oxygens (including phenoxy) is 2. The lowest BCUT2D eigenvalue weighted by atomic mass is 10.0. The highest BCUT2D eigenvalue weighted by Gasteiger charge is 2.60. The highest BCUT2D eigenvalue weighted by Crippen LogP contribution is 2.61. The molecule has 2 aliphatic carbocycles. The number of aromatic nitrogens is 1. The summed E-state index contributed by atoms with van der Waals surface area (Å²) in [7, 11) is 0. The number of rotatable bonds is 5. The van der Waals surface area contributed by atoms with E-state index in [0.29, 0.717) is 24.0 Å². The highest BCUT2D eigenvalue weighted by molar-refractivity contribution is 9.10. The molecule has 1 heterocycles. The molecule has 1 aromatic carbocycles. The first-order chi connectivity index (χ1) is 12.5. The van der Waals surface area contributed by atoms with Crippen LogP contribution in [0.5, 0.6) is 5.88 Å². The molecular weight excluding hydrogens is 401 g/mol. The van der Waals surface area contributed by atoms with Crippen LogP contribution in [0.2, 0.25) is 0 Å². The Hall–Kier alpha value is -1.95. The molecule has 4 rings (SSSR count). The van der Waals surface area contributed by atoms with Crippen molar-refractivity contribution in [2.75, 3.05) is 6.61 Å². The van der Waals surface area contributed by atoms with Gasteiger partial charge in [-0.25, -0.2) is 9.37 Å². The standard InChI is InChI=1S/C20H19BrFNO3/c1-3-25-20(24)19-14-6-11-7-17(23-9-15(11)18(14)19)26-10(2)13-8-12(21)4-5-16(13)22/h4-5,7-10,14,18-19H,3,6H2,1-2H3. The minimum atomic E-state index is -0.457. The van der Waals surface area contributed by atoms with Crippen molar-refractivity contribution < 1.29 is 18.7 Å². The molecule has 0 bridgehead atoms. The molecule has 4 atom stereocenters. The third kappa shape index (κ3) is 3.00. The smallest absolute Gasteiger partial charge is 0.309 e. The first-order valence-electron chi connectivity index (χ1n) is 8.76. The van der Waals surface area contributed by atoms with Crippen LogP contribution in [0.1, 0.15) is 42.6 Å². The second-order valence-electron chi connectivity index (χ2n) is 6.82. The van der Waals surface area contributed by atoms with Gasteiger partial charge in [0.15, 0.2) is 0 Å². The molecule has 4 unspecified atom stereocenters. The van der Waals surface area contributed by atoms with Crippen molar-refractivity contribution in [3.63, 3.8) is 0 Å². The van der Waals surface area contributed by atoms with Crippen molar-refractivity contribution in [3.05, 3.63) is 57.4 Å². The number of nitrogens with zero attached hydrogens (tertiary/aromatic N) is 1. The lowest BCUT2D eigenvalue weighted by Crippen LogP contribution is -2.11. The average Bonchev–Trinajstić information content (AvgIpc) is 3.19. The maximum Gasteiger partial charge on any atom is 0.309 e. The number of fused-ring (bicyclic) bond motifs is 3. The Morgan fingerprint density at radius 3 is 3.00 bits per heavy atom. The Labute approximate surface area is 159 Å². The summed E-state index contributed by atoms with van der Waals surface area (Å²) < 4.78 is 25.8. The Kier molecular flexibility index (Phi) is 4.47. The Morgan fingerprint density at radius 1 is 1.42 bits per heavy atom. The van der Waals surface area contributed by atoms with Crippen LogP contribution in [0.15, 0.2) is 34.9 Å². The largest absolute Gasteiger partial charge is 0.470 e. The maximum absolute atomic E-state index is 14.0. The summed E-state index contributed by atoms with van der Waals surface area (Å²) in [5, 5.41) is 0. The topological polar surface area (TPSA) is 48.4 Å². The van der Waals surface area contributed by atoms with Crippen molar-refractivity contribution >= 4 is 21.9 Å². The van der Waals surface area contributed by atoms with Gasteiger partial charge in [-0.05, 0) is 55.5 Å². The van der Waals surface area contributed by atoms with E-state index in [1.165, 1.54) is 6.07 Å². The number of halogens is 2. The molecule has 0 N–H and O–H groups in total. The van der Waals surface area contributed by atoms with Crippen molar-refractivity contribution in [2.45, 2.75) is 32.3 Å². The summed E-state index contributed by atoms with van der Waals surface area (Å²) in [4.78, 5) is 16.3. The number of hydrogen-bond donors (Lipinski definition) is 0. The van der Waals surface area contributed by atoms with Gasteiger partial charge in [0.25, 0.3) is 0 Å². The van der Waals surface area contributed by atoms with E-state index in [0.717, 1.165) is 22.0 Å². The predicted molar refractivity (Wildman–Crippen MR) is 97.4 cm³/mol. The first-order valence-corrected chi connectivity index (χ1v) is 9.56. The van der Waals surface area contributed by atoms with Crippen LogP contribution < -0.4 is 4.74 Å². The van der Waals surface area contributed by atoms with Crippen LogP contribution in [0.25, 0.3) is 0 Å². The fraction of sp³-hybridized carbons (Fsp3) is 0.400. The molecule has 0 aliphatic heterocycles. The molecular formula is C20H19BrFNO3. The van der Waals surface area contributed by atoms with Gasteiger partial charge in [0.05, 0.1) is 12.5 Å². The third-order valence-corrected chi connectivity index (χ3v) is 5.73. The van der Waals surface area contributed by atoms with Gasteiger partial charge in [0.1, 0.15) is 11.9 Å². The van der Waals surface area contributed by atoms with Crippen molar-refractivity contribution in [1.29, 1.82) is 0 Å². The quantitative estimate of drug-likeness (QED) is 0.665. The zero-order valence-electron chi connectivity index (χ0n) is 14.5. The van der Waals surface area contributed by atoms with E-state index in [4.69, 9.17) is 9.47 Å². The molecule has 2 aromatic rings. The lowest BCUT2D eigenvalue weighted by molar-refractivity contribution is -0.145. The molecule has 2 aliphatic rings. The molecule has 0 saturated heterocycles. The Morgan fingerprint density at radius 2 is 2.23 bits per heavy atom. The van der Waals surface area contributed by atoms with Crippen molar-refractivity contribution in [3.8, 4) is 5.88 Å². The molecule has 6 heteroatoms. The summed E-state index contributed by atoms with van der Waals surface area (Å²) in [6.45, 7) is 4.04. The number of esters is 1. The molecule has 1 saturated carbocycles. The van der Waals surface area contributed by atoms with Crippen LogP contribution in [-0.4, -0.2) is 17.6 Å². The van der Waals surface area contributed by atoms with Gasteiger partial charge in [-0.3, -0.25) is 4.79 Å². The van der Waals surface area contributed by atoms with Gasteiger partial charge in [0, 0.05) is 28.2 Å². The number of carbonyl (C=O) groups is 1. The highest BCUT2D eigenvalue weighted by atomic mass is 79.9. The van der Waals surface area contributed by atoms with E-state index in [9.17, 15) is 9.18 Å². The average molecular weight is 420 g/mol. The number of carbonyl (C=O) groups excluding carboxylic acids is 1. The zero-order valence-corrected chi connectivity index (χ0v) is 16.1. The van der Waals surface area contributed by atoms with E-state index in [1.807, 2.05) is 13.0 Å². The van der Waals surface area contributed by atoms with Crippen LogP contribution >= 0.6 is 15.9 Å². The fourth-order valence-electron chi connectivity index (χ4n) is 3.96. The molecule has 26 heavy (non-hydrogen) atoms. The Bertz CT molecular complexity index is 872. The maximum atomic E-state index is 14.0. The van der Waals surface area contributed by atoms with Crippen LogP contribution in [-0.2, 0) is 16.0 Å². The van der Waals surface area contributed by atoms with Gasteiger partial charge >= 0.3 is 5.97 Å². The molecule has 4 nitrogen and oxygen atoms in total. The lowest BCUT2D eigenvalue weighted by Gasteiger charge is -2.16. The zero-order chi connectivity index (χ0) is 18.4. The van der Waals surface area contributed by atoms with Crippen molar-refractivity contribution in [2.24, 2.45) is 11.8 Å². The van der Waals surface area contributed by atoms with E-state index < -0.39 is 6.10 Å². The molecule has 136 valence electrons. The number of hydrogen-bond acceptors (Lipinski definition) is 4. The first kappa shape index (κ1) is 17.5. The molecule has 1 fully saturated rings. The van der Waals surface area contributed by atoms with E-state index >= 15 is 0 Å². The van der Waals surface area contributed by atoms with Gasteiger partial charge in [-0.1, -0.05) is 15.9 Å². The van der Waals surface area contributed by atoms with Crippen LogP contribution in [0, 0.1) is 17.7 Å². The summed E-state index contributed by atoms with van der Waals surface area (Å²) in [5.74, 6) is 0.592. The van der Waals surface area contributed by atoms with Gasteiger partial charge in [-0.2, -0.15) is 0 Å². The van der Waals surface area contributed by atoms with E-state index in [2.05, 4.69) is 20.9 Å². The summed E-state index contributed by atoms with van der Waals surface area (Å²) >= 11 is 3.35. The minimum Gasteiger partial charge on any atom is -0.470 e. The van der Waals surface area contributed by atoms with Gasteiger partial charge in [0.2, 0.25) is 5.88 Å². The molecule has 0 spiro atoms. The van der Waals surface area contributed by atoms with Crippen LogP contribution in [0.3, 0.4) is 0 Å². The second-order valence-corrected chi connectivity index (χ2v) is 7.73. The summed E-state index contributed by atoms with van der Waals surface area (Å²) in [6, 6.07) is 6.70. The number of benzene rings is 1. The fourth-order valence-corrected chi connectivity index (χ4v) is 4.34. The predicted octanol–water partition coefficient (Wildman–Crippen LogP) is 4.57. The summed E-state index contributed by atoms with van der Waals surface area (Å²) in [5.41, 5.74) is 2.75. The summed E-state index contributed by atoms with van der Waals surface area (Å²) in [6.07, 6.45) is 2.17. The third-order valence-electron chi connectivity index (χ3n) is 5.23. The minimum absolute atomic E-state index is 0.0225. The SMILES string of the molecule is CCOC(=O)C1C2Cc3cc(OC(C)c4cc(Br)ccc4F)ncc3C21. The van der Waals surface area contributed by atoms with Gasteiger partial charge < -0.3 is 9.47 Å².